The maximum Gasteiger partial charge on any atom is 0.287 e. The summed E-state index contributed by atoms with van der Waals surface area (Å²) in [5.74, 6) is 0.354. The number of benzene rings is 3. The molecule has 0 saturated carbocycles. The van der Waals surface area contributed by atoms with Gasteiger partial charge in [-0.15, -0.1) is 0 Å². The van der Waals surface area contributed by atoms with Crippen LogP contribution >= 0.6 is 0 Å². The summed E-state index contributed by atoms with van der Waals surface area (Å²) in [5, 5.41) is 3.89. The van der Waals surface area contributed by atoms with Gasteiger partial charge in [0.05, 0.1) is 19.3 Å². The number of carbonyl (C=O) groups is 1. The van der Waals surface area contributed by atoms with Crippen molar-refractivity contribution in [2.24, 2.45) is 0 Å². The Bertz CT molecular complexity index is 1270. The standard InChI is InChI=1S/C28H27FN2O4/c29-21-12-10-20(11-13-21)25(31-14-16-33-17-15-31)18-30-28(32)27-24(19-34-22-6-2-1-3-7-22)23-8-4-5-9-26(23)35-27/h1-13,25H,14-19H2,(H,30,32)/t25-/m0/s1. The minimum atomic E-state index is -0.312. The first kappa shape index (κ1) is 23.1. The maximum absolute atomic E-state index is 13.5. The molecule has 1 aliphatic rings. The molecule has 1 aliphatic heterocycles. The molecule has 1 fully saturated rings. The van der Waals surface area contributed by atoms with Gasteiger partial charge in [0.15, 0.2) is 5.76 Å². The zero-order valence-corrected chi connectivity index (χ0v) is 19.3. The molecule has 35 heavy (non-hydrogen) atoms. The van der Waals surface area contributed by atoms with E-state index in [9.17, 15) is 9.18 Å². The van der Waals surface area contributed by atoms with Crippen LogP contribution in [-0.4, -0.2) is 43.7 Å². The van der Waals surface area contributed by atoms with Crippen molar-refractivity contribution in [3.05, 3.63) is 102 Å². The SMILES string of the molecule is O=C(NC[C@@H](c1ccc(F)cc1)N1CCOCC1)c1oc2ccccc2c1COc1ccccc1. The number of para-hydroxylation sites is 2. The first-order chi connectivity index (χ1) is 17.2. The Kier molecular flexibility index (Phi) is 7.07. The number of carbonyl (C=O) groups excluding carboxylic acids is 1. The third-order valence-electron chi connectivity index (χ3n) is 6.23. The van der Waals surface area contributed by atoms with Crippen LogP contribution in [0.25, 0.3) is 11.0 Å². The molecular formula is C28H27FN2O4. The van der Waals surface area contributed by atoms with E-state index in [0.717, 1.165) is 24.0 Å². The van der Waals surface area contributed by atoms with E-state index in [-0.39, 0.29) is 30.1 Å². The highest BCUT2D eigenvalue weighted by atomic mass is 19.1. The van der Waals surface area contributed by atoms with E-state index in [1.165, 1.54) is 12.1 Å². The summed E-state index contributed by atoms with van der Waals surface area (Å²) in [5.41, 5.74) is 2.27. The highest BCUT2D eigenvalue weighted by molar-refractivity contribution is 5.99. The van der Waals surface area contributed by atoms with Crippen LogP contribution in [0.4, 0.5) is 4.39 Å². The topological polar surface area (TPSA) is 63.9 Å². The largest absolute Gasteiger partial charge is 0.489 e. The molecular weight excluding hydrogens is 447 g/mol. The fourth-order valence-corrected chi connectivity index (χ4v) is 4.40. The van der Waals surface area contributed by atoms with Gasteiger partial charge in [-0.1, -0.05) is 48.5 Å². The van der Waals surface area contributed by atoms with Crippen molar-refractivity contribution in [3.8, 4) is 5.75 Å². The van der Waals surface area contributed by atoms with Crippen molar-refractivity contribution in [3.63, 3.8) is 0 Å². The quantitative estimate of drug-likeness (QED) is 0.391. The van der Waals surface area contributed by atoms with Crippen molar-refractivity contribution >= 4 is 16.9 Å². The number of ether oxygens (including phenoxy) is 2. The number of morpholine rings is 1. The second-order valence-corrected chi connectivity index (χ2v) is 8.43. The molecule has 0 spiro atoms. The summed E-state index contributed by atoms with van der Waals surface area (Å²) >= 11 is 0. The van der Waals surface area contributed by atoms with Gasteiger partial charge in [-0.2, -0.15) is 0 Å². The molecule has 1 atom stereocenters. The van der Waals surface area contributed by atoms with Gasteiger partial charge in [0, 0.05) is 30.6 Å². The number of nitrogens with one attached hydrogen (secondary N) is 1. The molecule has 0 bridgehead atoms. The predicted molar refractivity (Wildman–Crippen MR) is 131 cm³/mol. The lowest BCUT2D eigenvalue weighted by molar-refractivity contribution is 0.0161. The minimum absolute atomic E-state index is 0.114. The summed E-state index contributed by atoms with van der Waals surface area (Å²) < 4.78 is 31.0. The monoisotopic (exact) mass is 474 g/mol. The predicted octanol–water partition coefficient (Wildman–Crippen LogP) is 4.95. The van der Waals surface area contributed by atoms with Gasteiger partial charge in [0.25, 0.3) is 5.91 Å². The average molecular weight is 475 g/mol. The van der Waals surface area contributed by atoms with Crippen LogP contribution in [0.15, 0.2) is 83.3 Å². The molecule has 1 aromatic heterocycles. The smallest absolute Gasteiger partial charge is 0.287 e. The Morgan fingerprint density at radius 3 is 2.46 bits per heavy atom. The Hall–Kier alpha value is -3.68. The molecule has 1 amide bonds. The lowest BCUT2D eigenvalue weighted by Crippen LogP contribution is -2.43. The van der Waals surface area contributed by atoms with E-state index >= 15 is 0 Å². The fraction of sp³-hybridized carbons (Fsp3) is 0.250. The molecule has 3 aromatic carbocycles. The van der Waals surface area contributed by atoms with Crippen LogP contribution in [0.3, 0.4) is 0 Å². The fourth-order valence-electron chi connectivity index (χ4n) is 4.40. The number of hydrogen-bond acceptors (Lipinski definition) is 5. The van der Waals surface area contributed by atoms with Crippen LogP contribution in [0.1, 0.15) is 27.7 Å². The molecule has 7 heteroatoms. The van der Waals surface area contributed by atoms with E-state index in [1.54, 1.807) is 12.1 Å². The number of fused-ring (bicyclic) bond motifs is 1. The Morgan fingerprint density at radius 2 is 1.69 bits per heavy atom. The molecule has 4 aromatic rings. The van der Waals surface area contributed by atoms with E-state index in [4.69, 9.17) is 13.9 Å². The molecule has 180 valence electrons. The van der Waals surface area contributed by atoms with Crippen LogP contribution in [-0.2, 0) is 11.3 Å². The summed E-state index contributed by atoms with van der Waals surface area (Å²) in [6.45, 7) is 3.26. The number of amides is 1. The molecule has 1 N–H and O–H groups in total. The maximum atomic E-state index is 13.5. The van der Waals surface area contributed by atoms with E-state index in [1.807, 2.05) is 54.6 Å². The van der Waals surface area contributed by atoms with Gasteiger partial charge in [0.2, 0.25) is 0 Å². The summed E-state index contributed by atoms with van der Waals surface area (Å²) in [6.07, 6.45) is 0. The molecule has 0 radical (unpaired) electrons. The van der Waals surface area contributed by atoms with Crippen molar-refractivity contribution < 1.29 is 23.1 Å². The van der Waals surface area contributed by atoms with Gasteiger partial charge in [-0.3, -0.25) is 9.69 Å². The lowest BCUT2D eigenvalue weighted by atomic mass is 10.0. The summed E-state index contributed by atoms with van der Waals surface area (Å²) in [6, 6.07) is 23.3. The molecule has 0 aliphatic carbocycles. The number of furan rings is 1. The van der Waals surface area contributed by atoms with Gasteiger partial charge < -0.3 is 19.2 Å². The number of nitrogens with zero attached hydrogens (tertiary/aromatic N) is 1. The van der Waals surface area contributed by atoms with Gasteiger partial charge in [-0.05, 0) is 35.9 Å². The van der Waals surface area contributed by atoms with Crippen LogP contribution in [0.5, 0.6) is 5.75 Å². The number of rotatable bonds is 8. The van der Waals surface area contributed by atoms with E-state index < -0.39 is 0 Å². The molecule has 0 unspecified atom stereocenters. The van der Waals surface area contributed by atoms with Gasteiger partial charge in [0.1, 0.15) is 23.8 Å². The molecule has 6 nitrogen and oxygen atoms in total. The molecule has 1 saturated heterocycles. The number of hydrogen-bond donors (Lipinski definition) is 1. The van der Waals surface area contributed by atoms with E-state index in [0.29, 0.717) is 36.7 Å². The van der Waals surface area contributed by atoms with Gasteiger partial charge in [-0.25, -0.2) is 4.39 Å². The second-order valence-electron chi connectivity index (χ2n) is 8.43. The third-order valence-corrected chi connectivity index (χ3v) is 6.23. The third kappa shape index (κ3) is 5.37. The zero-order valence-electron chi connectivity index (χ0n) is 19.3. The normalized spacial score (nSPS) is 15.1. The Balaban J connectivity index is 1.37. The summed E-state index contributed by atoms with van der Waals surface area (Å²) in [7, 11) is 0. The number of halogens is 1. The lowest BCUT2D eigenvalue weighted by Gasteiger charge is -2.34. The highest BCUT2D eigenvalue weighted by Crippen LogP contribution is 2.28. The molecule has 2 heterocycles. The zero-order chi connectivity index (χ0) is 24.0. The van der Waals surface area contributed by atoms with E-state index in [2.05, 4.69) is 10.2 Å². The molecule has 5 rings (SSSR count). The first-order valence-corrected chi connectivity index (χ1v) is 11.7. The minimum Gasteiger partial charge on any atom is -0.489 e. The van der Waals surface area contributed by atoms with Crippen molar-refractivity contribution in [2.75, 3.05) is 32.8 Å². The van der Waals surface area contributed by atoms with Crippen LogP contribution in [0.2, 0.25) is 0 Å². The van der Waals surface area contributed by atoms with Crippen LogP contribution < -0.4 is 10.1 Å². The Morgan fingerprint density at radius 1 is 0.971 bits per heavy atom. The van der Waals surface area contributed by atoms with Gasteiger partial charge >= 0.3 is 0 Å². The highest BCUT2D eigenvalue weighted by Gasteiger charge is 2.26. The van der Waals surface area contributed by atoms with Crippen molar-refractivity contribution in [2.45, 2.75) is 12.6 Å². The van der Waals surface area contributed by atoms with Crippen molar-refractivity contribution in [1.82, 2.24) is 10.2 Å². The summed E-state index contributed by atoms with van der Waals surface area (Å²) in [4.78, 5) is 15.6. The Labute approximate surface area is 203 Å². The first-order valence-electron chi connectivity index (χ1n) is 11.7. The average Bonchev–Trinajstić information content (AvgIpc) is 3.28. The van der Waals surface area contributed by atoms with Crippen molar-refractivity contribution in [1.29, 1.82) is 0 Å². The second kappa shape index (κ2) is 10.7. The van der Waals surface area contributed by atoms with Crippen LogP contribution in [0, 0.1) is 5.82 Å².